The van der Waals surface area contributed by atoms with Gasteiger partial charge in [0.15, 0.2) is 0 Å². The lowest BCUT2D eigenvalue weighted by Crippen LogP contribution is -2.29. The van der Waals surface area contributed by atoms with Crippen molar-refractivity contribution < 1.29 is 13.2 Å². The summed E-state index contributed by atoms with van der Waals surface area (Å²) in [6, 6.07) is 2.86. The number of halogens is 4. The van der Waals surface area contributed by atoms with E-state index in [4.69, 9.17) is 5.73 Å². The van der Waals surface area contributed by atoms with Crippen LogP contribution in [0.2, 0.25) is 0 Å². The molecule has 0 aromatic heterocycles. The van der Waals surface area contributed by atoms with E-state index in [0.717, 1.165) is 5.56 Å². The summed E-state index contributed by atoms with van der Waals surface area (Å²) in [5, 5.41) is 0. The number of aryl methyl sites for hydroxylation is 1. The third-order valence-corrected chi connectivity index (χ3v) is 3.38. The molecule has 78 valence electrons. The smallest absolute Gasteiger partial charge is 0.316 e. The van der Waals surface area contributed by atoms with Crippen LogP contribution in [0, 0.1) is 10.5 Å². The second-order valence-corrected chi connectivity index (χ2v) is 4.08. The van der Waals surface area contributed by atoms with E-state index in [2.05, 4.69) is 0 Å². The zero-order chi connectivity index (χ0) is 10.9. The van der Waals surface area contributed by atoms with E-state index in [1.165, 1.54) is 6.07 Å². The van der Waals surface area contributed by atoms with Crippen molar-refractivity contribution in [1.82, 2.24) is 0 Å². The Kier molecular flexibility index (Phi) is 3.41. The van der Waals surface area contributed by atoms with Gasteiger partial charge in [0.05, 0.1) is 0 Å². The Labute approximate surface area is 93.6 Å². The van der Waals surface area contributed by atoms with Gasteiger partial charge in [-0.15, -0.1) is 0 Å². The van der Waals surface area contributed by atoms with E-state index in [1.54, 1.807) is 19.1 Å². The van der Waals surface area contributed by atoms with Crippen molar-refractivity contribution in [2.24, 2.45) is 5.73 Å². The number of rotatable bonds is 1. The molecular formula is C9H9F3IN. The summed E-state index contributed by atoms with van der Waals surface area (Å²) >= 11 is 1.88. The molecule has 0 aliphatic rings. The summed E-state index contributed by atoms with van der Waals surface area (Å²) in [7, 11) is 0. The lowest BCUT2D eigenvalue weighted by Gasteiger charge is -2.18. The first-order valence-electron chi connectivity index (χ1n) is 3.91. The van der Waals surface area contributed by atoms with Gasteiger partial charge >= 0.3 is 6.18 Å². The van der Waals surface area contributed by atoms with Crippen LogP contribution in [-0.2, 0) is 0 Å². The van der Waals surface area contributed by atoms with E-state index < -0.39 is 12.2 Å². The molecule has 0 fully saturated rings. The summed E-state index contributed by atoms with van der Waals surface area (Å²) in [5.74, 6) is 0. The average Bonchev–Trinajstić information content (AvgIpc) is 2.07. The maximum absolute atomic E-state index is 12.3. The Morgan fingerprint density at radius 3 is 2.43 bits per heavy atom. The normalized spacial score (nSPS) is 14.1. The highest BCUT2D eigenvalue weighted by Crippen LogP contribution is 2.33. The van der Waals surface area contributed by atoms with Crippen LogP contribution >= 0.6 is 22.6 Å². The molecule has 1 aromatic carbocycles. The van der Waals surface area contributed by atoms with Crippen molar-refractivity contribution >= 4 is 22.6 Å². The number of benzene rings is 1. The van der Waals surface area contributed by atoms with E-state index in [9.17, 15) is 13.2 Å². The fourth-order valence-corrected chi connectivity index (χ4v) is 1.78. The molecule has 0 aliphatic carbocycles. The second-order valence-electron chi connectivity index (χ2n) is 3.00. The van der Waals surface area contributed by atoms with Crippen molar-refractivity contribution in [3.63, 3.8) is 0 Å². The molecule has 0 amide bonds. The lowest BCUT2D eigenvalue weighted by molar-refractivity contribution is -0.149. The Morgan fingerprint density at radius 1 is 1.36 bits per heavy atom. The predicted octanol–water partition coefficient (Wildman–Crippen LogP) is 3.16. The maximum atomic E-state index is 12.3. The number of alkyl halides is 3. The average molecular weight is 315 g/mol. The van der Waals surface area contributed by atoms with Gasteiger partial charge in [-0.05, 0) is 40.6 Å². The zero-order valence-corrected chi connectivity index (χ0v) is 9.56. The summed E-state index contributed by atoms with van der Waals surface area (Å²) in [6.45, 7) is 1.76. The highest BCUT2D eigenvalue weighted by Gasteiger charge is 2.38. The fourth-order valence-electron chi connectivity index (χ4n) is 1.09. The van der Waals surface area contributed by atoms with Crippen molar-refractivity contribution in [2.45, 2.75) is 19.1 Å². The van der Waals surface area contributed by atoms with E-state index in [-0.39, 0.29) is 5.56 Å². The van der Waals surface area contributed by atoms with Gasteiger partial charge in [-0.25, -0.2) is 0 Å². The summed E-state index contributed by atoms with van der Waals surface area (Å²) in [5.41, 5.74) is 6.06. The van der Waals surface area contributed by atoms with Crippen LogP contribution in [0.15, 0.2) is 18.2 Å². The highest BCUT2D eigenvalue weighted by atomic mass is 127. The Bertz CT molecular complexity index is 335. The third-order valence-electron chi connectivity index (χ3n) is 1.91. The molecule has 0 saturated heterocycles. The minimum Gasteiger partial charge on any atom is -0.316 e. The van der Waals surface area contributed by atoms with Gasteiger partial charge < -0.3 is 5.73 Å². The zero-order valence-electron chi connectivity index (χ0n) is 7.40. The van der Waals surface area contributed by atoms with Gasteiger partial charge in [0.2, 0.25) is 0 Å². The standard InChI is InChI=1S/C9H9F3IN/c1-5-3-2-4-6(7(5)13)8(14)9(10,11)12/h2-4,8H,14H2,1H3/t8-/m0/s1. The first-order chi connectivity index (χ1) is 6.34. The largest absolute Gasteiger partial charge is 0.407 e. The van der Waals surface area contributed by atoms with Gasteiger partial charge in [0.1, 0.15) is 6.04 Å². The number of hydrogen-bond acceptors (Lipinski definition) is 1. The van der Waals surface area contributed by atoms with Gasteiger partial charge in [-0.3, -0.25) is 0 Å². The van der Waals surface area contributed by atoms with Crippen LogP contribution in [0.5, 0.6) is 0 Å². The lowest BCUT2D eigenvalue weighted by atomic mass is 10.1. The van der Waals surface area contributed by atoms with Crippen LogP contribution in [-0.4, -0.2) is 6.18 Å². The van der Waals surface area contributed by atoms with Gasteiger partial charge in [-0.2, -0.15) is 13.2 Å². The second kappa shape index (κ2) is 4.06. The summed E-state index contributed by atoms with van der Waals surface area (Å²) in [6.07, 6.45) is -4.38. The molecule has 0 unspecified atom stereocenters. The maximum Gasteiger partial charge on any atom is 0.407 e. The molecule has 1 rings (SSSR count). The van der Waals surface area contributed by atoms with Crippen LogP contribution < -0.4 is 5.73 Å². The monoisotopic (exact) mass is 315 g/mol. The molecule has 0 spiro atoms. The molecule has 0 heterocycles. The van der Waals surface area contributed by atoms with E-state index >= 15 is 0 Å². The Balaban J connectivity index is 3.14. The number of hydrogen-bond donors (Lipinski definition) is 1. The summed E-state index contributed by atoms with van der Waals surface area (Å²) < 4.78 is 37.5. The molecule has 14 heavy (non-hydrogen) atoms. The minimum atomic E-state index is -4.38. The van der Waals surface area contributed by atoms with E-state index in [1.807, 2.05) is 22.6 Å². The van der Waals surface area contributed by atoms with Crippen LogP contribution in [0.25, 0.3) is 0 Å². The molecule has 1 atom stereocenters. The van der Waals surface area contributed by atoms with Crippen LogP contribution in [0.1, 0.15) is 17.2 Å². The highest BCUT2D eigenvalue weighted by molar-refractivity contribution is 14.1. The molecule has 0 saturated carbocycles. The van der Waals surface area contributed by atoms with Crippen molar-refractivity contribution in [2.75, 3.05) is 0 Å². The molecule has 2 N–H and O–H groups in total. The van der Waals surface area contributed by atoms with Gasteiger partial charge in [0, 0.05) is 3.57 Å². The molecule has 0 bridgehead atoms. The van der Waals surface area contributed by atoms with E-state index in [0.29, 0.717) is 3.57 Å². The number of nitrogens with two attached hydrogens (primary N) is 1. The molecular weight excluding hydrogens is 306 g/mol. The molecule has 1 aromatic rings. The van der Waals surface area contributed by atoms with Crippen LogP contribution in [0.3, 0.4) is 0 Å². The first-order valence-corrected chi connectivity index (χ1v) is 4.99. The van der Waals surface area contributed by atoms with Gasteiger partial charge in [-0.1, -0.05) is 18.2 Å². The first kappa shape index (κ1) is 11.8. The van der Waals surface area contributed by atoms with Crippen molar-refractivity contribution in [3.8, 4) is 0 Å². The third kappa shape index (κ3) is 2.38. The summed E-state index contributed by atoms with van der Waals surface area (Å²) in [4.78, 5) is 0. The van der Waals surface area contributed by atoms with Crippen molar-refractivity contribution in [3.05, 3.63) is 32.9 Å². The minimum absolute atomic E-state index is 0.137. The molecule has 1 nitrogen and oxygen atoms in total. The quantitative estimate of drug-likeness (QED) is 0.792. The predicted molar refractivity (Wildman–Crippen MR) is 56.9 cm³/mol. The molecule has 0 radical (unpaired) electrons. The fraction of sp³-hybridized carbons (Fsp3) is 0.333. The van der Waals surface area contributed by atoms with Crippen molar-refractivity contribution in [1.29, 1.82) is 0 Å². The van der Waals surface area contributed by atoms with Crippen LogP contribution in [0.4, 0.5) is 13.2 Å². The molecule has 5 heteroatoms. The molecule has 0 aliphatic heterocycles. The topological polar surface area (TPSA) is 26.0 Å². The van der Waals surface area contributed by atoms with Gasteiger partial charge in [0.25, 0.3) is 0 Å². The Hall–Kier alpha value is -0.300. The Morgan fingerprint density at radius 2 is 1.93 bits per heavy atom. The SMILES string of the molecule is Cc1cccc([C@H](N)C(F)(F)F)c1I.